The topological polar surface area (TPSA) is 47.1 Å². The van der Waals surface area contributed by atoms with Gasteiger partial charge in [0.05, 0.1) is 21.9 Å². The van der Waals surface area contributed by atoms with Crippen molar-refractivity contribution >= 4 is 22.5 Å². The number of benzene rings is 1. The molecule has 0 amide bonds. The van der Waals surface area contributed by atoms with E-state index in [-0.39, 0.29) is 0 Å². The highest BCUT2D eigenvalue weighted by molar-refractivity contribution is 6.35. The zero-order valence-electron chi connectivity index (χ0n) is 14.2. The van der Waals surface area contributed by atoms with Crippen molar-refractivity contribution in [1.82, 2.24) is 19.8 Å². The van der Waals surface area contributed by atoms with E-state index < -0.39 is 0 Å². The van der Waals surface area contributed by atoms with E-state index >= 15 is 0 Å². The second kappa shape index (κ2) is 5.90. The van der Waals surface area contributed by atoms with Crippen LogP contribution in [0.1, 0.15) is 41.6 Å². The van der Waals surface area contributed by atoms with E-state index in [9.17, 15) is 0 Å². The SMILES string of the molecule is Cc1noc(C)c1[C@@H]1CCCN1Cc1nn(C)c2cccc(Cl)c12. The van der Waals surface area contributed by atoms with Gasteiger partial charge in [0.25, 0.3) is 0 Å². The van der Waals surface area contributed by atoms with Crippen LogP contribution in [0.25, 0.3) is 10.9 Å². The number of hydrogen-bond donors (Lipinski definition) is 0. The lowest BCUT2D eigenvalue weighted by molar-refractivity contribution is 0.243. The molecule has 2 aromatic heterocycles. The minimum Gasteiger partial charge on any atom is -0.361 e. The summed E-state index contributed by atoms with van der Waals surface area (Å²) in [6, 6.07) is 6.31. The second-order valence-electron chi connectivity index (χ2n) is 6.57. The minimum absolute atomic E-state index is 0.343. The van der Waals surface area contributed by atoms with Gasteiger partial charge in [-0.25, -0.2) is 0 Å². The van der Waals surface area contributed by atoms with E-state index in [4.69, 9.17) is 21.2 Å². The van der Waals surface area contributed by atoms with Crippen molar-refractivity contribution in [2.24, 2.45) is 7.05 Å². The molecule has 0 spiro atoms. The Bertz CT molecular complexity index is 878. The maximum Gasteiger partial charge on any atom is 0.138 e. The normalized spacial score (nSPS) is 18.8. The molecule has 3 heterocycles. The third-order valence-corrected chi connectivity index (χ3v) is 5.35. The van der Waals surface area contributed by atoms with Gasteiger partial charge >= 0.3 is 0 Å². The molecule has 0 aliphatic carbocycles. The van der Waals surface area contributed by atoms with E-state index in [0.717, 1.165) is 52.6 Å². The molecule has 3 aromatic rings. The number of nitrogens with zero attached hydrogens (tertiary/aromatic N) is 4. The van der Waals surface area contributed by atoms with E-state index in [1.54, 1.807) is 0 Å². The molecular formula is C18H21ClN4O. The first-order valence-electron chi connectivity index (χ1n) is 8.33. The zero-order chi connectivity index (χ0) is 16.8. The fraction of sp³-hybridized carbons (Fsp3) is 0.444. The summed E-state index contributed by atoms with van der Waals surface area (Å²) < 4.78 is 7.30. The molecular weight excluding hydrogens is 324 g/mol. The molecule has 5 nitrogen and oxygen atoms in total. The van der Waals surface area contributed by atoms with Gasteiger partial charge in [-0.05, 0) is 45.4 Å². The van der Waals surface area contributed by atoms with Gasteiger partial charge in [-0.3, -0.25) is 9.58 Å². The monoisotopic (exact) mass is 344 g/mol. The van der Waals surface area contributed by atoms with E-state index in [1.165, 1.54) is 12.0 Å². The van der Waals surface area contributed by atoms with Gasteiger partial charge in [0.2, 0.25) is 0 Å². The van der Waals surface area contributed by atoms with E-state index in [1.807, 2.05) is 37.7 Å². The van der Waals surface area contributed by atoms with Crippen molar-refractivity contribution in [1.29, 1.82) is 0 Å². The van der Waals surface area contributed by atoms with E-state index in [0.29, 0.717) is 6.04 Å². The van der Waals surface area contributed by atoms with Crippen LogP contribution in [0, 0.1) is 13.8 Å². The number of fused-ring (bicyclic) bond motifs is 1. The number of aromatic nitrogens is 3. The van der Waals surface area contributed by atoms with Crippen LogP contribution in [0.15, 0.2) is 22.7 Å². The molecule has 4 rings (SSSR count). The maximum absolute atomic E-state index is 6.45. The molecule has 1 fully saturated rings. The fourth-order valence-corrected chi connectivity index (χ4v) is 4.24. The minimum atomic E-state index is 0.343. The summed E-state index contributed by atoms with van der Waals surface area (Å²) in [5.41, 5.74) is 4.34. The summed E-state index contributed by atoms with van der Waals surface area (Å²) in [5.74, 6) is 0.924. The smallest absolute Gasteiger partial charge is 0.138 e. The Morgan fingerprint density at radius 1 is 1.33 bits per heavy atom. The van der Waals surface area contributed by atoms with Gasteiger partial charge in [-0.15, -0.1) is 0 Å². The van der Waals surface area contributed by atoms with Crippen molar-refractivity contribution in [2.75, 3.05) is 6.54 Å². The predicted octanol–water partition coefficient (Wildman–Crippen LogP) is 4.17. The Morgan fingerprint density at radius 3 is 2.92 bits per heavy atom. The van der Waals surface area contributed by atoms with Crippen molar-refractivity contribution in [3.63, 3.8) is 0 Å². The zero-order valence-corrected chi connectivity index (χ0v) is 15.0. The summed E-state index contributed by atoms with van der Waals surface area (Å²) in [6.07, 6.45) is 2.30. The molecule has 1 aliphatic rings. The lowest BCUT2D eigenvalue weighted by Gasteiger charge is -2.23. The highest BCUT2D eigenvalue weighted by Gasteiger charge is 2.31. The first-order valence-corrected chi connectivity index (χ1v) is 8.71. The largest absolute Gasteiger partial charge is 0.361 e. The lowest BCUT2D eigenvalue weighted by Crippen LogP contribution is -2.24. The van der Waals surface area contributed by atoms with E-state index in [2.05, 4.69) is 16.1 Å². The molecule has 1 aliphatic heterocycles. The van der Waals surface area contributed by atoms with Gasteiger partial charge in [0, 0.05) is 30.6 Å². The fourth-order valence-electron chi connectivity index (χ4n) is 3.96. The summed E-state index contributed by atoms with van der Waals surface area (Å²) >= 11 is 6.45. The molecule has 0 bridgehead atoms. The molecule has 0 N–H and O–H groups in total. The Kier molecular flexibility index (Phi) is 3.85. The third kappa shape index (κ3) is 2.43. The lowest BCUT2D eigenvalue weighted by atomic mass is 10.0. The Hall–Kier alpha value is -1.85. The van der Waals surface area contributed by atoms with Crippen molar-refractivity contribution in [3.8, 4) is 0 Å². The molecule has 0 unspecified atom stereocenters. The van der Waals surface area contributed by atoms with Crippen molar-refractivity contribution < 1.29 is 4.52 Å². The quantitative estimate of drug-likeness (QED) is 0.715. The summed E-state index contributed by atoms with van der Waals surface area (Å²) in [5, 5.41) is 10.7. The first kappa shape index (κ1) is 15.7. The Balaban J connectivity index is 1.70. The molecule has 1 atom stereocenters. The van der Waals surface area contributed by atoms with Gasteiger partial charge < -0.3 is 4.52 Å². The van der Waals surface area contributed by atoms with Crippen LogP contribution in [0.4, 0.5) is 0 Å². The maximum atomic E-state index is 6.45. The van der Waals surface area contributed by atoms with Crippen LogP contribution in [-0.2, 0) is 13.6 Å². The number of rotatable bonds is 3. The molecule has 1 saturated heterocycles. The van der Waals surface area contributed by atoms with Crippen molar-refractivity contribution in [2.45, 2.75) is 39.3 Å². The van der Waals surface area contributed by atoms with Gasteiger partial charge in [-0.2, -0.15) is 5.10 Å². The van der Waals surface area contributed by atoms with Crippen LogP contribution in [0.2, 0.25) is 5.02 Å². The van der Waals surface area contributed by atoms with Crippen LogP contribution in [0.3, 0.4) is 0 Å². The molecule has 0 saturated carbocycles. The van der Waals surface area contributed by atoms with Crippen LogP contribution >= 0.6 is 11.6 Å². The van der Waals surface area contributed by atoms with Gasteiger partial charge in [-0.1, -0.05) is 22.8 Å². The highest BCUT2D eigenvalue weighted by atomic mass is 35.5. The second-order valence-corrected chi connectivity index (χ2v) is 6.98. The molecule has 24 heavy (non-hydrogen) atoms. The summed E-state index contributed by atoms with van der Waals surface area (Å²) in [6.45, 7) is 5.86. The average Bonchev–Trinajstić information content (AvgIpc) is 3.21. The number of aryl methyl sites for hydroxylation is 3. The standard InChI is InChI=1S/C18H21ClN4O/c1-11-17(12(2)24-21-11)16-8-5-9-23(16)10-14-18-13(19)6-4-7-15(18)22(3)20-14/h4,6-7,16H,5,8-10H2,1-3H3/t16-/m0/s1. The first-order chi connectivity index (χ1) is 11.6. The predicted molar refractivity (Wildman–Crippen MR) is 94.1 cm³/mol. The summed E-state index contributed by atoms with van der Waals surface area (Å²) in [7, 11) is 1.97. The number of halogens is 1. The van der Waals surface area contributed by atoms with Crippen LogP contribution < -0.4 is 0 Å². The average molecular weight is 345 g/mol. The van der Waals surface area contributed by atoms with Crippen LogP contribution in [-0.4, -0.2) is 26.4 Å². The number of likely N-dealkylation sites (tertiary alicyclic amines) is 1. The Morgan fingerprint density at radius 2 is 2.17 bits per heavy atom. The molecule has 6 heteroatoms. The summed E-state index contributed by atoms with van der Waals surface area (Å²) in [4.78, 5) is 2.47. The van der Waals surface area contributed by atoms with Crippen molar-refractivity contribution in [3.05, 3.63) is 45.9 Å². The van der Waals surface area contributed by atoms with Crippen LogP contribution in [0.5, 0.6) is 0 Å². The van der Waals surface area contributed by atoms with Gasteiger partial charge in [0.1, 0.15) is 5.76 Å². The Labute approximate surface area is 146 Å². The number of hydrogen-bond acceptors (Lipinski definition) is 4. The molecule has 126 valence electrons. The third-order valence-electron chi connectivity index (χ3n) is 5.04. The van der Waals surface area contributed by atoms with Gasteiger partial charge in [0.15, 0.2) is 0 Å². The highest BCUT2D eigenvalue weighted by Crippen LogP contribution is 2.37. The molecule has 1 aromatic carbocycles. The molecule has 0 radical (unpaired) electrons.